The molecule has 0 radical (unpaired) electrons. The van der Waals surface area contributed by atoms with Crippen molar-refractivity contribution in [2.45, 2.75) is 6.92 Å². The second-order valence-electron chi connectivity index (χ2n) is 4.46. The van der Waals surface area contributed by atoms with Gasteiger partial charge in [0.15, 0.2) is 0 Å². The summed E-state index contributed by atoms with van der Waals surface area (Å²) in [6.45, 7) is 1.65. The van der Waals surface area contributed by atoms with Crippen LogP contribution >= 0.6 is 0 Å². The number of carbonyl (C=O) groups is 2. The first-order valence-electron chi connectivity index (χ1n) is 6.06. The van der Waals surface area contributed by atoms with Crippen LogP contribution in [-0.4, -0.2) is 27.2 Å². The minimum Gasteiger partial charge on any atom is -0.508 e. The van der Waals surface area contributed by atoms with Crippen molar-refractivity contribution in [3.05, 3.63) is 53.1 Å². The molecule has 0 heterocycles. The number of hydrogen-bond acceptors (Lipinski definition) is 4. The smallest absolute Gasteiger partial charge is 0.337 e. The summed E-state index contributed by atoms with van der Waals surface area (Å²) in [5.41, 5.74) is 0.368. The Morgan fingerprint density at radius 3 is 2.43 bits per heavy atom. The van der Waals surface area contributed by atoms with E-state index in [4.69, 9.17) is 5.11 Å². The molecular formula is C15H13NO5. The standard InChI is InChI=1S/C15H13NO5/c1-8-3-2-4-10(13(8)18)14(19)16-12-6-5-9(17)7-11(12)15(20)21/h2-7,17-18H,1H3,(H,16,19)(H,20,21). The van der Waals surface area contributed by atoms with E-state index in [2.05, 4.69) is 5.32 Å². The van der Waals surface area contributed by atoms with Gasteiger partial charge in [-0.1, -0.05) is 12.1 Å². The van der Waals surface area contributed by atoms with E-state index in [9.17, 15) is 19.8 Å². The third kappa shape index (κ3) is 2.94. The molecule has 2 aromatic rings. The van der Waals surface area contributed by atoms with Crippen LogP contribution in [0.4, 0.5) is 5.69 Å². The molecule has 21 heavy (non-hydrogen) atoms. The minimum atomic E-state index is -1.28. The van der Waals surface area contributed by atoms with Gasteiger partial charge in [0.25, 0.3) is 5.91 Å². The largest absolute Gasteiger partial charge is 0.508 e. The minimum absolute atomic E-state index is 0.0335. The fraction of sp³-hybridized carbons (Fsp3) is 0.0667. The predicted molar refractivity (Wildman–Crippen MR) is 75.9 cm³/mol. The van der Waals surface area contributed by atoms with Gasteiger partial charge in [-0.3, -0.25) is 4.79 Å². The number of anilines is 1. The number of carbonyl (C=O) groups excluding carboxylic acids is 1. The molecular weight excluding hydrogens is 274 g/mol. The number of aromatic carboxylic acids is 1. The van der Waals surface area contributed by atoms with E-state index >= 15 is 0 Å². The summed E-state index contributed by atoms with van der Waals surface area (Å²) in [6.07, 6.45) is 0. The number of para-hydroxylation sites is 1. The highest BCUT2D eigenvalue weighted by atomic mass is 16.4. The highest BCUT2D eigenvalue weighted by Gasteiger charge is 2.17. The van der Waals surface area contributed by atoms with Crippen LogP contribution in [0.5, 0.6) is 11.5 Å². The summed E-state index contributed by atoms with van der Waals surface area (Å²) in [6, 6.07) is 8.27. The SMILES string of the molecule is Cc1cccc(C(=O)Nc2ccc(O)cc2C(=O)O)c1O. The van der Waals surface area contributed by atoms with Gasteiger partial charge in [0.2, 0.25) is 0 Å². The molecule has 0 saturated heterocycles. The predicted octanol–water partition coefficient (Wildman–Crippen LogP) is 2.36. The molecule has 0 aromatic heterocycles. The number of phenolic OH excluding ortho intramolecular Hbond substituents is 2. The molecule has 0 unspecified atom stereocenters. The number of benzene rings is 2. The molecule has 0 spiro atoms. The first-order valence-corrected chi connectivity index (χ1v) is 6.06. The third-order valence-corrected chi connectivity index (χ3v) is 2.96. The van der Waals surface area contributed by atoms with Crippen LogP contribution in [0.15, 0.2) is 36.4 Å². The molecule has 108 valence electrons. The van der Waals surface area contributed by atoms with Crippen LogP contribution in [0.2, 0.25) is 0 Å². The van der Waals surface area contributed by atoms with Gasteiger partial charge in [-0.05, 0) is 36.8 Å². The maximum atomic E-state index is 12.1. The van der Waals surface area contributed by atoms with Crippen molar-refractivity contribution in [1.29, 1.82) is 0 Å². The number of aryl methyl sites for hydroxylation is 1. The van der Waals surface area contributed by atoms with Gasteiger partial charge >= 0.3 is 5.97 Å². The van der Waals surface area contributed by atoms with Crippen LogP contribution in [0.3, 0.4) is 0 Å². The molecule has 6 nitrogen and oxygen atoms in total. The Bertz CT molecular complexity index is 724. The van der Waals surface area contributed by atoms with E-state index in [-0.39, 0.29) is 28.3 Å². The number of nitrogens with one attached hydrogen (secondary N) is 1. The van der Waals surface area contributed by atoms with Gasteiger partial charge in [0, 0.05) is 0 Å². The van der Waals surface area contributed by atoms with Crippen molar-refractivity contribution in [1.82, 2.24) is 0 Å². The van der Waals surface area contributed by atoms with Crippen LogP contribution < -0.4 is 5.32 Å². The molecule has 0 saturated carbocycles. The summed E-state index contributed by atoms with van der Waals surface area (Å²) in [5, 5.41) is 30.6. The number of carboxylic acid groups (broad SMARTS) is 1. The Kier molecular flexibility index (Phi) is 3.80. The molecule has 0 aliphatic rings. The van der Waals surface area contributed by atoms with E-state index in [0.717, 1.165) is 6.07 Å². The first-order chi connectivity index (χ1) is 9.90. The van der Waals surface area contributed by atoms with Crippen LogP contribution in [0.1, 0.15) is 26.3 Å². The van der Waals surface area contributed by atoms with Gasteiger partial charge in [-0.15, -0.1) is 0 Å². The number of rotatable bonds is 3. The van der Waals surface area contributed by atoms with E-state index in [0.29, 0.717) is 5.56 Å². The molecule has 2 aromatic carbocycles. The lowest BCUT2D eigenvalue weighted by Crippen LogP contribution is -2.15. The number of phenols is 2. The fourth-order valence-corrected chi connectivity index (χ4v) is 1.85. The van der Waals surface area contributed by atoms with Crippen molar-refractivity contribution in [2.75, 3.05) is 5.32 Å². The molecule has 2 rings (SSSR count). The fourth-order valence-electron chi connectivity index (χ4n) is 1.85. The van der Waals surface area contributed by atoms with Gasteiger partial charge in [0.05, 0.1) is 16.8 Å². The molecule has 6 heteroatoms. The van der Waals surface area contributed by atoms with Crippen LogP contribution in [0, 0.1) is 6.92 Å². The Morgan fingerprint density at radius 1 is 1.05 bits per heavy atom. The van der Waals surface area contributed by atoms with Gasteiger partial charge < -0.3 is 20.6 Å². The zero-order valence-electron chi connectivity index (χ0n) is 11.1. The maximum absolute atomic E-state index is 12.1. The number of amides is 1. The highest BCUT2D eigenvalue weighted by molar-refractivity contribution is 6.09. The van der Waals surface area contributed by atoms with Gasteiger partial charge in [-0.25, -0.2) is 4.79 Å². The van der Waals surface area contributed by atoms with Crippen molar-refractivity contribution in [3.8, 4) is 11.5 Å². The van der Waals surface area contributed by atoms with Gasteiger partial charge in [0.1, 0.15) is 11.5 Å². The molecule has 0 atom stereocenters. The Labute approximate surface area is 120 Å². The Hall–Kier alpha value is -3.02. The zero-order valence-corrected chi connectivity index (χ0v) is 11.1. The summed E-state index contributed by atoms with van der Waals surface area (Å²) in [4.78, 5) is 23.2. The van der Waals surface area contributed by atoms with Crippen molar-refractivity contribution < 1.29 is 24.9 Å². The summed E-state index contributed by atoms with van der Waals surface area (Å²) < 4.78 is 0. The summed E-state index contributed by atoms with van der Waals surface area (Å²) in [7, 11) is 0. The van der Waals surface area contributed by atoms with Crippen molar-refractivity contribution in [3.63, 3.8) is 0 Å². The monoisotopic (exact) mass is 287 g/mol. The first kappa shape index (κ1) is 14.4. The van der Waals surface area contributed by atoms with E-state index in [1.54, 1.807) is 19.1 Å². The average Bonchev–Trinajstić information content (AvgIpc) is 2.43. The topological polar surface area (TPSA) is 107 Å². The molecule has 0 fully saturated rings. The number of carboxylic acids is 1. The maximum Gasteiger partial charge on any atom is 0.337 e. The van der Waals surface area contributed by atoms with E-state index < -0.39 is 11.9 Å². The van der Waals surface area contributed by atoms with Gasteiger partial charge in [-0.2, -0.15) is 0 Å². The van der Waals surface area contributed by atoms with Crippen LogP contribution in [-0.2, 0) is 0 Å². The molecule has 1 amide bonds. The Morgan fingerprint density at radius 2 is 1.76 bits per heavy atom. The van der Waals surface area contributed by atoms with Crippen molar-refractivity contribution >= 4 is 17.6 Å². The quantitative estimate of drug-likeness (QED) is 0.648. The molecule has 0 aliphatic heterocycles. The zero-order chi connectivity index (χ0) is 15.6. The molecule has 0 aliphatic carbocycles. The molecule has 4 N–H and O–H groups in total. The lowest BCUT2D eigenvalue weighted by molar-refractivity contribution is 0.0697. The lowest BCUT2D eigenvalue weighted by atomic mass is 10.1. The second-order valence-corrected chi connectivity index (χ2v) is 4.46. The molecule has 0 bridgehead atoms. The Balaban J connectivity index is 2.36. The number of hydrogen-bond donors (Lipinski definition) is 4. The van der Waals surface area contributed by atoms with E-state index in [1.807, 2.05) is 0 Å². The average molecular weight is 287 g/mol. The van der Waals surface area contributed by atoms with E-state index in [1.165, 1.54) is 18.2 Å². The lowest BCUT2D eigenvalue weighted by Gasteiger charge is -2.10. The van der Waals surface area contributed by atoms with Crippen molar-refractivity contribution in [2.24, 2.45) is 0 Å². The van der Waals surface area contributed by atoms with Crippen LogP contribution in [0.25, 0.3) is 0 Å². The summed E-state index contributed by atoms with van der Waals surface area (Å²) >= 11 is 0. The highest BCUT2D eigenvalue weighted by Crippen LogP contribution is 2.25. The normalized spacial score (nSPS) is 10.1. The third-order valence-electron chi connectivity index (χ3n) is 2.96. The number of aromatic hydroxyl groups is 2. The summed E-state index contributed by atoms with van der Waals surface area (Å²) in [5.74, 6) is -2.30. The second kappa shape index (κ2) is 5.54.